The van der Waals surface area contributed by atoms with Crippen LogP contribution in [0, 0.1) is 10.3 Å². The van der Waals surface area contributed by atoms with Crippen molar-refractivity contribution < 1.29 is 23.0 Å². The van der Waals surface area contributed by atoms with Gasteiger partial charge in [0.1, 0.15) is 5.69 Å². The fourth-order valence-corrected chi connectivity index (χ4v) is 1.90. The number of nitrogens with zero attached hydrogens (tertiary/aromatic N) is 1. The van der Waals surface area contributed by atoms with E-state index in [0.717, 1.165) is 6.07 Å². The van der Waals surface area contributed by atoms with Gasteiger partial charge in [0.15, 0.2) is 0 Å². The van der Waals surface area contributed by atoms with Gasteiger partial charge in [-0.15, -0.1) is 4.91 Å². The summed E-state index contributed by atoms with van der Waals surface area (Å²) in [6.07, 6.45) is -4.59. The van der Waals surface area contributed by atoms with Gasteiger partial charge in [0.05, 0.1) is 30.8 Å². The molecule has 0 unspecified atom stereocenters. The molecule has 2 N–H and O–H groups in total. The lowest BCUT2D eigenvalue weighted by molar-refractivity contribution is -0.137. The minimum atomic E-state index is -4.59. The molecule has 1 aromatic carbocycles. The maximum atomic E-state index is 12.9. The van der Waals surface area contributed by atoms with Crippen molar-refractivity contribution in [3.8, 4) is 0 Å². The minimum Gasteiger partial charge on any atom is -0.396 e. The number of aliphatic hydroxyl groups excluding tert-OH is 1. The van der Waals surface area contributed by atoms with Gasteiger partial charge in [0, 0.05) is 12.2 Å². The van der Waals surface area contributed by atoms with Crippen LogP contribution in [0.5, 0.6) is 0 Å². The zero-order chi connectivity index (χ0) is 14.8. The summed E-state index contributed by atoms with van der Waals surface area (Å²) in [7, 11) is 0. The first-order valence-corrected chi connectivity index (χ1v) is 5.87. The zero-order valence-electron chi connectivity index (χ0n) is 10.4. The van der Waals surface area contributed by atoms with Crippen LogP contribution in [0.4, 0.5) is 24.5 Å². The van der Waals surface area contributed by atoms with E-state index in [1.54, 1.807) is 0 Å². The van der Waals surface area contributed by atoms with Gasteiger partial charge in [-0.05, 0) is 23.4 Å². The van der Waals surface area contributed by atoms with Crippen LogP contribution in [-0.4, -0.2) is 31.5 Å². The number of alkyl halides is 3. The quantitative estimate of drug-likeness (QED) is 0.817. The number of nitrogens with one attached hydrogen (secondary N) is 1. The molecule has 0 aliphatic carbocycles. The Kier molecular flexibility index (Phi) is 3.96. The molecule has 2 rings (SSSR count). The standard InChI is InChI=1S/C12H13F3N2O3/c13-12(14,15)9-3-8(17-19)1-2-10(9)16-4-11(5-18)6-20-7-11/h1-3,16,18H,4-7H2. The first-order valence-electron chi connectivity index (χ1n) is 5.87. The molecule has 1 aliphatic heterocycles. The van der Waals surface area contributed by atoms with Crippen LogP contribution in [0.25, 0.3) is 0 Å². The molecule has 110 valence electrons. The van der Waals surface area contributed by atoms with Crippen molar-refractivity contribution in [2.45, 2.75) is 6.18 Å². The Bertz CT molecular complexity index is 496. The fourth-order valence-electron chi connectivity index (χ4n) is 1.90. The molecule has 1 aliphatic rings. The maximum absolute atomic E-state index is 12.9. The van der Waals surface area contributed by atoms with Gasteiger partial charge in [-0.1, -0.05) is 0 Å². The molecule has 1 heterocycles. The Morgan fingerprint density at radius 1 is 1.40 bits per heavy atom. The molecule has 1 aromatic rings. The van der Waals surface area contributed by atoms with E-state index in [-0.39, 0.29) is 24.5 Å². The highest BCUT2D eigenvalue weighted by Gasteiger charge is 2.39. The highest BCUT2D eigenvalue weighted by atomic mass is 19.4. The van der Waals surface area contributed by atoms with E-state index < -0.39 is 17.2 Å². The molecule has 5 nitrogen and oxygen atoms in total. The van der Waals surface area contributed by atoms with E-state index in [1.807, 2.05) is 0 Å². The van der Waals surface area contributed by atoms with E-state index in [0.29, 0.717) is 19.3 Å². The second-order valence-electron chi connectivity index (χ2n) is 4.82. The Morgan fingerprint density at radius 3 is 2.55 bits per heavy atom. The zero-order valence-corrected chi connectivity index (χ0v) is 10.4. The summed E-state index contributed by atoms with van der Waals surface area (Å²) in [6, 6.07) is 3.05. The second-order valence-corrected chi connectivity index (χ2v) is 4.82. The van der Waals surface area contributed by atoms with Crippen LogP contribution in [0.2, 0.25) is 0 Å². The lowest BCUT2D eigenvalue weighted by Gasteiger charge is -2.40. The summed E-state index contributed by atoms with van der Waals surface area (Å²) < 4.78 is 43.7. The number of halogens is 3. The van der Waals surface area contributed by atoms with Crippen LogP contribution in [0.1, 0.15) is 5.56 Å². The third kappa shape index (κ3) is 2.91. The summed E-state index contributed by atoms with van der Waals surface area (Å²) in [5, 5.41) is 14.4. The van der Waals surface area contributed by atoms with Crippen molar-refractivity contribution in [2.75, 3.05) is 31.7 Å². The van der Waals surface area contributed by atoms with Gasteiger partial charge in [0.2, 0.25) is 0 Å². The van der Waals surface area contributed by atoms with Crippen LogP contribution in [0.3, 0.4) is 0 Å². The molecule has 0 amide bonds. The predicted molar refractivity (Wildman–Crippen MR) is 65.7 cm³/mol. The van der Waals surface area contributed by atoms with Gasteiger partial charge in [0.25, 0.3) is 0 Å². The summed E-state index contributed by atoms with van der Waals surface area (Å²) in [4.78, 5) is 10.3. The van der Waals surface area contributed by atoms with Crippen molar-refractivity contribution in [1.82, 2.24) is 0 Å². The predicted octanol–water partition coefficient (Wildman–Crippen LogP) is 2.52. The Balaban J connectivity index is 2.20. The molecule has 0 saturated carbocycles. The Morgan fingerprint density at radius 2 is 2.10 bits per heavy atom. The van der Waals surface area contributed by atoms with Gasteiger partial charge in [-0.25, -0.2) is 0 Å². The second kappa shape index (κ2) is 5.37. The van der Waals surface area contributed by atoms with Crippen LogP contribution >= 0.6 is 0 Å². The van der Waals surface area contributed by atoms with E-state index >= 15 is 0 Å². The summed E-state index contributed by atoms with van der Waals surface area (Å²) >= 11 is 0. The highest BCUT2D eigenvalue weighted by Crippen LogP contribution is 2.38. The third-order valence-corrected chi connectivity index (χ3v) is 3.22. The molecule has 0 spiro atoms. The summed E-state index contributed by atoms with van der Waals surface area (Å²) in [5.74, 6) is 0. The number of hydrogen-bond donors (Lipinski definition) is 2. The van der Waals surface area contributed by atoms with Crippen molar-refractivity contribution in [3.05, 3.63) is 28.7 Å². The topological polar surface area (TPSA) is 70.9 Å². The largest absolute Gasteiger partial charge is 0.418 e. The highest BCUT2D eigenvalue weighted by molar-refractivity contribution is 5.59. The molecule has 0 radical (unpaired) electrons. The van der Waals surface area contributed by atoms with Gasteiger partial charge in [-0.3, -0.25) is 0 Å². The fraction of sp³-hybridized carbons (Fsp3) is 0.500. The van der Waals surface area contributed by atoms with Crippen molar-refractivity contribution in [1.29, 1.82) is 0 Å². The van der Waals surface area contributed by atoms with Gasteiger partial charge >= 0.3 is 6.18 Å². The van der Waals surface area contributed by atoms with E-state index in [9.17, 15) is 23.2 Å². The molecule has 0 atom stereocenters. The Hall–Kier alpha value is -1.67. The van der Waals surface area contributed by atoms with E-state index in [4.69, 9.17) is 4.74 Å². The first kappa shape index (κ1) is 14.7. The molecule has 1 saturated heterocycles. The monoisotopic (exact) mass is 290 g/mol. The number of rotatable bonds is 5. The number of hydrogen-bond acceptors (Lipinski definition) is 5. The molecule has 0 aromatic heterocycles. The lowest BCUT2D eigenvalue weighted by atomic mass is 9.87. The van der Waals surface area contributed by atoms with Gasteiger partial charge < -0.3 is 15.2 Å². The molecule has 20 heavy (non-hydrogen) atoms. The number of aliphatic hydroxyl groups is 1. The molecular weight excluding hydrogens is 277 g/mol. The van der Waals surface area contributed by atoms with E-state index in [1.165, 1.54) is 6.07 Å². The maximum Gasteiger partial charge on any atom is 0.418 e. The molecule has 8 heteroatoms. The average Bonchev–Trinajstić information content (AvgIpc) is 2.37. The molecular formula is C12H13F3N2O3. The van der Waals surface area contributed by atoms with Crippen molar-refractivity contribution >= 4 is 11.4 Å². The minimum absolute atomic E-state index is 0.148. The lowest BCUT2D eigenvalue weighted by Crippen LogP contribution is -2.50. The SMILES string of the molecule is O=Nc1ccc(NCC2(CO)COC2)c(C(F)(F)F)c1. The van der Waals surface area contributed by atoms with Crippen molar-refractivity contribution in [3.63, 3.8) is 0 Å². The normalized spacial score (nSPS) is 17.4. The summed E-state index contributed by atoms with van der Waals surface area (Å²) in [6.45, 7) is 0.577. The number of benzene rings is 1. The van der Waals surface area contributed by atoms with Crippen LogP contribution in [0.15, 0.2) is 23.4 Å². The van der Waals surface area contributed by atoms with Crippen molar-refractivity contribution in [2.24, 2.45) is 10.6 Å². The number of anilines is 1. The number of ether oxygens (including phenoxy) is 1. The third-order valence-electron chi connectivity index (χ3n) is 3.22. The summed E-state index contributed by atoms with van der Waals surface area (Å²) in [5.41, 5.74) is -1.94. The Labute approximate surface area is 112 Å². The smallest absolute Gasteiger partial charge is 0.396 e. The average molecular weight is 290 g/mol. The van der Waals surface area contributed by atoms with E-state index in [2.05, 4.69) is 10.5 Å². The van der Waals surface area contributed by atoms with Gasteiger partial charge in [-0.2, -0.15) is 13.2 Å². The van der Waals surface area contributed by atoms with Crippen LogP contribution in [-0.2, 0) is 10.9 Å². The molecule has 0 bridgehead atoms. The molecule has 1 fully saturated rings. The first-order chi connectivity index (χ1) is 9.40. The van der Waals surface area contributed by atoms with Crippen LogP contribution < -0.4 is 5.32 Å². The number of nitroso groups, excluding NO2 is 1.